The zero-order valence-electron chi connectivity index (χ0n) is 33.5. The van der Waals surface area contributed by atoms with E-state index in [0.29, 0.717) is 66.2 Å². The van der Waals surface area contributed by atoms with Gasteiger partial charge < -0.3 is 19.5 Å². The smallest absolute Gasteiger partial charge is 0.262 e. The third-order valence-electron chi connectivity index (χ3n) is 11.3. The molecule has 2 fully saturated rings. The maximum Gasteiger partial charge on any atom is 0.262 e. The number of anilines is 1. The number of rotatable bonds is 14. The Labute approximate surface area is 348 Å². The predicted octanol–water partition coefficient (Wildman–Crippen LogP) is 5.47. The number of piperidine rings is 2. The molecule has 4 aromatic rings. The standard InChI is InChI=1S/C44H48ClN6O7P/c1-58-36-25-31(16-15-28(36)24-38-46-26-33(45)34(48-38)23-29-10-4-6-13-37(29)59(2,3)57)50-21-19-30(20-22-50)47-39(52)14-7-5-9-27-11-8-12-32-41(27)44(56)51(43(32)55)35-17-18-40(53)49-42(35)54/h4,6,8,10-13,15-16,25-26,30,35H,5,7,9,14,17-24H2,1-3H3,(H,47,52)(H,49,53,54). The fourth-order valence-electron chi connectivity index (χ4n) is 8.24. The second-order valence-electron chi connectivity index (χ2n) is 15.7. The highest BCUT2D eigenvalue weighted by molar-refractivity contribution is 7.70. The largest absolute Gasteiger partial charge is 0.496 e. The van der Waals surface area contributed by atoms with Gasteiger partial charge in [-0.3, -0.25) is 34.2 Å². The van der Waals surface area contributed by atoms with Gasteiger partial charge in [-0.1, -0.05) is 54.1 Å². The average molecular weight is 839 g/mol. The minimum absolute atomic E-state index is 0.0180. The summed E-state index contributed by atoms with van der Waals surface area (Å²) in [4.78, 5) is 76.1. The second kappa shape index (κ2) is 17.8. The number of methoxy groups -OCH3 is 1. The number of fused-ring (bicyclic) bond motifs is 1. The van der Waals surface area contributed by atoms with Crippen molar-refractivity contribution in [1.82, 2.24) is 25.5 Å². The normalized spacial score (nSPS) is 17.3. The molecule has 3 aromatic carbocycles. The average Bonchev–Trinajstić information content (AvgIpc) is 3.47. The number of carbonyl (C=O) groups excluding carboxylic acids is 5. The summed E-state index contributed by atoms with van der Waals surface area (Å²) in [6, 6.07) is 18.0. The molecule has 0 aliphatic carbocycles. The van der Waals surface area contributed by atoms with Gasteiger partial charge in [0.25, 0.3) is 11.8 Å². The van der Waals surface area contributed by atoms with Gasteiger partial charge in [-0.2, -0.15) is 0 Å². The molecule has 59 heavy (non-hydrogen) atoms. The Morgan fingerprint density at radius 3 is 2.44 bits per heavy atom. The van der Waals surface area contributed by atoms with E-state index in [1.807, 2.05) is 36.4 Å². The highest BCUT2D eigenvalue weighted by Gasteiger charge is 2.45. The van der Waals surface area contributed by atoms with Crippen LogP contribution < -0.4 is 25.6 Å². The lowest BCUT2D eigenvalue weighted by atomic mass is 9.97. The molecule has 0 saturated carbocycles. The summed E-state index contributed by atoms with van der Waals surface area (Å²) in [5.74, 6) is -0.779. The molecule has 0 spiro atoms. The first-order valence-corrected chi connectivity index (χ1v) is 23.0. The molecule has 7 rings (SSSR count). The summed E-state index contributed by atoms with van der Waals surface area (Å²) in [7, 11) is -0.847. The number of imide groups is 2. The van der Waals surface area contributed by atoms with Crippen LogP contribution in [-0.4, -0.2) is 90.0 Å². The highest BCUT2D eigenvalue weighted by Crippen LogP contribution is 2.37. The van der Waals surface area contributed by atoms with E-state index >= 15 is 0 Å². The van der Waals surface area contributed by atoms with Crippen molar-refractivity contribution >= 4 is 59.3 Å². The SMILES string of the molecule is COc1cc(N2CCC(NC(=O)CCCCc3cccc4c3C(=O)N(C3CCC(=O)NC3=O)C4=O)CC2)ccc1Cc1ncc(Cl)c(Cc2ccccc2P(C)(C)=O)n1. The van der Waals surface area contributed by atoms with Crippen molar-refractivity contribution < 1.29 is 33.3 Å². The van der Waals surface area contributed by atoms with Crippen molar-refractivity contribution in [3.05, 3.63) is 111 Å². The van der Waals surface area contributed by atoms with Crippen LogP contribution in [0.1, 0.15) is 93.9 Å². The number of ether oxygens (including phenoxy) is 1. The molecule has 15 heteroatoms. The molecule has 2 N–H and O–H groups in total. The molecular formula is C44H48ClN6O7P. The van der Waals surface area contributed by atoms with Gasteiger partial charge in [0.1, 0.15) is 24.8 Å². The number of benzene rings is 3. The van der Waals surface area contributed by atoms with Gasteiger partial charge >= 0.3 is 0 Å². The van der Waals surface area contributed by atoms with E-state index in [9.17, 15) is 28.5 Å². The first-order valence-electron chi connectivity index (χ1n) is 20.0. The van der Waals surface area contributed by atoms with E-state index in [0.717, 1.165) is 58.7 Å². The maximum atomic E-state index is 13.4. The molecule has 0 bridgehead atoms. The summed E-state index contributed by atoms with van der Waals surface area (Å²) in [5.41, 5.74) is 4.85. The molecule has 3 aliphatic heterocycles. The molecule has 3 aliphatic rings. The van der Waals surface area contributed by atoms with Gasteiger partial charge in [0, 0.05) is 73.6 Å². The number of hydrogen-bond donors (Lipinski definition) is 2. The fraction of sp³-hybridized carbons (Fsp3) is 0.386. The Morgan fingerprint density at radius 1 is 0.932 bits per heavy atom. The van der Waals surface area contributed by atoms with Crippen LogP contribution in [0.25, 0.3) is 0 Å². The van der Waals surface area contributed by atoms with E-state index in [2.05, 4.69) is 26.6 Å². The molecule has 13 nitrogen and oxygen atoms in total. The van der Waals surface area contributed by atoms with Gasteiger partial charge in [-0.25, -0.2) is 9.97 Å². The van der Waals surface area contributed by atoms with Gasteiger partial charge in [0.05, 0.1) is 29.0 Å². The Kier molecular flexibility index (Phi) is 12.6. The van der Waals surface area contributed by atoms with Gasteiger partial charge in [0.15, 0.2) is 0 Å². The van der Waals surface area contributed by atoms with Crippen LogP contribution >= 0.6 is 18.7 Å². The number of nitrogens with zero attached hydrogens (tertiary/aromatic N) is 4. The van der Waals surface area contributed by atoms with Gasteiger partial charge in [-0.15, -0.1) is 0 Å². The Hall–Kier alpha value is -5.39. The van der Waals surface area contributed by atoms with Crippen LogP contribution in [-0.2, 0) is 38.2 Å². The third kappa shape index (κ3) is 9.42. The molecule has 2 saturated heterocycles. The molecule has 1 unspecified atom stereocenters. The number of carbonyl (C=O) groups is 5. The van der Waals surface area contributed by atoms with Crippen molar-refractivity contribution in [3.8, 4) is 5.75 Å². The van der Waals surface area contributed by atoms with Crippen LogP contribution in [0.3, 0.4) is 0 Å². The third-order valence-corrected chi connectivity index (χ3v) is 13.2. The molecule has 1 atom stereocenters. The summed E-state index contributed by atoms with van der Waals surface area (Å²) < 4.78 is 18.7. The van der Waals surface area contributed by atoms with Gasteiger partial charge in [-0.05, 0) is 75.1 Å². The van der Waals surface area contributed by atoms with E-state index < -0.39 is 36.8 Å². The Bertz CT molecular complexity index is 2360. The van der Waals surface area contributed by atoms with Crippen LogP contribution in [0.2, 0.25) is 5.02 Å². The van der Waals surface area contributed by atoms with E-state index in [4.69, 9.17) is 21.3 Å². The molecular weight excluding hydrogens is 791 g/mol. The minimum atomic E-state index is -2.49. The van der Waals surface area contributed by atoms with Crippen LogP contribution in [0, 0.1) is 0 Å². The lowest BCUT2D eigenvalue weighted by Crippen LogP contribution is -2.54. The first-order chi connectivity index (χ1) is 28.3. The number of unbranched alkanes of at least 4 members (excludes halogenated alkanes) is 1. The number of hydrogen-bond acceptors (Lipinski definition) is 10. The van der Waals surface area contributed by atoms with Gasteiger partial charge in [0.2, 0.25) is 17.7 Å². The highest BCUT2D eigenvalue weighted by atomic mass is 35.5. The lowest BCUT2D eigenvalue weighted by molar-refractivity contribution is -0.136. The van der Waals surface area contributed by atoms with Crippen molar-refractivity contribution in [3.63, 3.8) is 0 Å². The molecule has 4 heterocycles. The number of aromatic nitrogens is 2. The van der Waals surface area contributed by atoms with E-state index in [1.165, 1.54) is 0 Å². The molecule has 1 aromatic heterocycles. The Balaban J connectivity index is 0.882. The number of nitrogens with one attached hydrogen (secondary N) is 2. The summed E-state index contributed by atoms with van der Waals surface area (Å²) in [6.45, 7) is 5.06. The van der Waals surface area contributed by atoms with Crippen molar-refractivity contribution in [2.24, 2.45) is 0 Å². The predicted molar refractivity (Wildman–Crippen MR) is 225 cm³/mol. The quantitative estimate of drug-likeness (QED) is 0.0945. The molecule has 0 radical (unpaired) electrons. The van der Waals surface area contributed by atoms with E-state index in [-0.39, 0.29) is 30.4 Å². The van der Waals surface area contributed by atoms with Crippen LogP contribution in [0.15, 0.2) is 66.9 Å². The fourth-order valence-corrected chi connectivity index (χ4v) is 9.69. The van der Waals surface area contributed by atoms with Crippen molar-refractivity contribution in [1.29, 1.82) is 0 Å². The lowest BCUT2D eigenvalue weighted by Gasteiger charge is -2.34. The number of aryl methyl sites for hydroxylation is 1. The zero-order valence-corrected chi connectivity index (χ0v) is 35.1. The first kappa shape index (κ1) is 41.8. The topological polar surface area (TPSA) is 168 Å². The maximum absolute atomic E-state index is 13.4. The summed E-state index contributed by atoms with van der Waals surface area (Å²) in [5, 5.41) is 6.70. The van der Waals surface area contributed by atoms with Crippen LogP contribution in [0.4, 0.5) is 5.69 Å². The zero-order chi connectivity index (χ0) is 41.8. The summed E-state index contributed by atoms with van der Waals surface area (Å²) in [6.07, 6.45) is 6.36. The van der Waals surface area contributed by atoms with Crippen LogP contribution in [0.5, 0.6) is 5.75 Å². The second-order valence-corrected chi connectivity index (χ2v) is 19.3. The molecule has 5 amide bonds. The number of halogens is 1. The molecule has 308 valence electrons. The summed E-state index contributed by atoms with van der Waals surface area (Å²) >= 11 is 6.54. The number of amides is 5. The minimum Gasteiger partial charge on any atom is -0.496 e. The van der Waals surface area contributed by atoms with Crippen molar-refractivity contribution in [2.45, 2.75) is 76.3 Å². The Morgan fingerprint density at radius 2 is 1.69 bits per heavy atom. The monoisotopic (exact) mass is 838 g/mol. The van der Waals surface area contributed by atoms with Crippen molar-refractivity contribution in [2.75, 3.05) is 38.4 Å². The van der Waals surface area contributed by atoms with E-state index in [1.54, 1.807) is 44.8 Å².